The van der Waals surface area contributed by atoms with Crippen molar-refractivity contribution >= 4 is 31.6 Å². The molecular formula is C16H16BrN3O2S. The van der Waals surface area contributed by atoms with Crippen molar-refractivity contribution < 1.29 is 8.42 Å². The molecule has 0 atom stereocenters. The second-order valence-electron chi connectivity index (χ2n) is 5.13. The first kappa shape index (κ1) is 17.5. The van der Waals surface area contributed by atoms with Crippen LogP contribution in [0.25, 0.3) is 0 Å². The standard InChI is InChI=1S/C16H16BrN3O2S/c1-20(9-8-12-2-4-14(17)5-3-12)16-7-6-15(23(19,21)22)10-13(16)11-18/h2-7,10H,8-9H2,1H3,(H2,19,21,22). The largest absolute Gasteiger partial charge is 0.373 e. The Bertz CT molecular complexity index is 843. The van der Waals surface area contributed by atoms with Gasteiger partial charge in [0, 0.05) is 18.1 Å². The number of nitrogens with two attached hydrogens (primary N) is 1. The highest BCUT2D eigenvalue weighted by molar-refractivity contribution is 9.10. The molecule has 0 aliphatic heterocycles. The minimum Gasteiger partial charge on any atom is -0.373 e. The van der Waals surface area contributed by atoms with E-state index >= 15 is 0 Å². The lowest BCUT2D eigenvalue weighted by Crippen LogP contribution is -2.22. The maximum absolute atomic E-state index is 11.4. The average molecular weight is 394 g/mol. The Morgan fingerprint density at radius 1 is 1.22 bits per heavy atom. The summed E-state index contributed by atoms with van der Waals surface area (Å²) in [7, 11) is -1.94. The molecule has 0 spiro atoms. The molecule has 23 heavy (non-hydrogen) atoms. The fraction of sp³-hybridized carbons (Fsp3) is 0.188. The quantitative estimate of drug-likeness (QED) is 0.845. The summed E-state index contributed by atoms with van der Waals surface area (Å²) in [5, 5.41) is 14.4. The van der Waals surface area contributed by atoms with E-state index in [4.69, 9.17) is 5.14 Å². The van der Waals surface area contributed by atoms with Crippen LogP contribution in [0.5, 0.6) is 0 Å². The summed E-state index contributed by atoms with van der Waals surface area (Å²) in [5.41, 5.74) is 2.14. The van der Waals surface area contributed by atoms with Crippen molar-refractivity contribution in [3.8, 4) is 6.07 Å². The molecular weight excluding hydrogens is 378 g/mol. The van der Waals surface area contributed by atoms with E-state index in [1.165, 1.54) is 17.7 Å². The van der Waals surface area contributed by atoms with Crippen LogP contribution in [-0.2, 0) is 16.4 Å². The number of benzene rings is 2. The fourth-order valence-corrected chi connectivity index (χ4v) is 2.99. The molecule has 2 N–H and O–H groups in total. The number of anilines is 1. The molecule has 0 aliphatic carbocycles. The van der Waals surface area contributed by atoms with Crippen LogP contribution < -0.4 is 10.0 Å². The van der Waals surface area contributed by atoms with Gasteiger partial charge in [0.1, 0.15) is 6.07 Å². The Morgan fingerprint density at radius 3 is 2.43 bits per heavy atom. The maximum atomic E-state index is 11.4. The topological polar surface area (TPSA) is 87.2 Å². The molecule has 2 rings (SSSR count). The molecule has 0 fully saturated rings. The molecule has 0 aliphatic rings. The Labute approximate surface area is 144 Å². The molecule has 0 unspecified atom stereocenters. The zero-order valence-corrected chi connectivity index (χ0v) is 14.9. The van der Waals surface area contributed by atoms with Crippen molar-refractivity contribution in [1.29, 1.82) is 5.26 Å². The van der Waals surface area contributed by atoms with Crippen LogP contribution in [0.15, 0.2) is 51.8 Å². The number of nitrogens with zero attached hydrogens (tertiary/aromatic N) is 2. The zero-order valence-electron chi connectivity index (χ0n) is 12.5. The third kappa shape index (κ3) is 4.55. The van der Waals surface area contributed by atoms with Crippen LogP contribution in [0.1, 0.15) is 11.1 Å². The summed E-state index contributed by atoms with van der Waals surface area (Å²) in [6.45, 7) is 0.699. The number of hydrogen-bond acceptors (Lipinski definition) is 4. The Kier molecular flexibility index (Phi) is 5.42. The number of primary sulfonamides is 1. The van der Waals surface area contributed by atoms with Gasteiger partial charge >= 0.3 is 0 Å². The van der Waals surface area contributed by atoms with Crippen LogP contribution in [0.4, 0.5) is 5.69 Å². The van der Waals surface area contributed by atoms with Crippen LogP contribution in [0.2, 0.25) is 0 Å². The number of halogens is 1. The lowest BCUT2D eigenvalue weighted by atomic mass is 10.1. The van der Waals surface area contributed by atoms with Crippen LogP contribution in [0, 0.1) is 11.3 Å². The van der Waals surface area contributed by atoms with E-state index in [0.29, 0.717) is 12.2 Å². The fourth-order valence-electron chi connectivity index (χ4n) is 2.18. The van der Waals surface area contributed by atoms with Crippen molar-refractivity contribution in [3.05, 3.63) is 58.1 Å². The number of likely N-dealkylation sites (N-methyl/N-ethyl adjacent to an activating group) is 1. The molecule has 0 bridgehead atoms. The van der Waals surface area contributed by atoms with Gasteiger partial charge in [-0.15, -0.1) is 0 Å². The minimum absolute atomic E-state index is 0.0564. The van der Waals surface area contributed by atoms with Crippen LogP contribution >= 0.6 is 15.9 Å². The predicted octanol–water partition coefficient (Wildman–Crippen LogP) is 2.65. The van der Waals surface area contributed by atoms with E-state index in [0.717, 1.165) is 10.9 Å². The monoisotopic (exact) mass is 393 g/mol. The van der Waals surface area contributed by atoms with Gasteiger partial charge in [0.25, 0.3) is 0 Å². The molecule has 7 heteroatoms. The lowest BCUT2D eigenvalue weighted by molar-refractivity contribution is 0.598. The van der Waals surface area contributed by atoms with Gasteiger partial charge in [-0.25, -0.2) is 13.6 Å². The first-order chi connectivity index (χ1) is 10.8. The normalized spacial score (nSPS) is 11.0. The number of sulfonamides is 1. The van der Waals surface area contributed by atoms with E-state index in [1.54, 1.807) is 6.07 Å². The van der Waals surface area contributed by atoms with Gasteiger partial charge in [0.15, 0.2) is 0 Å². The van der Waals surface area contributed by atoms with E-state index < -0.39 is 10.0 Å². The molecule has 2 aromatic carbocycles. The van der Waals surface area contributed by atoms with Gasteiger partial charge in [-0.3, -0.25) is 0 Å². The number of nitriles is 1. The predicted molar refractivity (Wildman–Crippen MR) is 93.6 cm³/mol. The molecule has 0 heterocycles. The first-order valence-electron chi connectivity index (χ1n) is 6.84. The minimum atomic E-state index is -3.81. The van der Waals surface area contributed by atoms with Crippen LogP contribution in [-0.4, -0.2) is 22.0 Å². The smallest absolute Gasteiger partial charge is 0.238 e. The summed E-state index contributed by atoms with van der Waals surface area (Å²) in [6.07, 6.45) is 0.811. The van der Waals surface area contributed by atoms with Crippen molar-refractivity contribution in [3.63, 3.8) is 0 Å². The van der Waals surface area contributed by atoms with Gasteiger partial charge in [0.2, 0.25) is 10.0 Å². The Balaban J connectivity index is 2.17. The molecule has 0 aromatic heterocycles. The Morgan fingerprint density at radius 2 is 1.87 bits per heavy atom. The van der Waals surface area contributed by atoms with E-state index in [2.05, 4.69) is 15.9 Å². The summed E-state index contributed by atoms with van der Waals surface area (Å²) in [6, 6.07) is 14.4. The maximum Gasteiger partial charge on any atom is 0.238 e. The number of hydrogen-bond donors (Lipinski definition) is 1. The first-order valence-corrected chi connectivity index (χ1v) is 9.18. The van der Waals surface area contributed by atoms with Gasteiger partial charge < -0.3 is 4.90 Å². The van der Waals surface area contributed by atoms with Gasteiger partial charge in [-0.05, 0) is 42.3 Å². The molecule has 0 amide bonds. The molecule has 120 valence electrons. The molecule has 0 saturated carbocycles. The van der Waals surface area contributed by atoms with E-state index in [-0.39, 0.29) is 10.5 Å². The second kappa shape index (κ2) is 7.13. The lowest BCUT2D eigenvalue weighted by Gasteiger charge is -2.21. The molecule has 0 saturated heterocycles. The van der Waals surface area contributed by atoms with Gasteiger partial charge in [-0.2, -0.15) is 5.26 Å². The van der Waals surface area contributed by atoms with Crippen molar-refractivity contribution in [2.24, 2.45) is 5.14 Å². The van der Waals surface area contributed by atoms with Crippen LogP contribution in [0.3, 0.4) is 0 Å². The van der Waals surface area contributed by atoms with Gasteiger partial charge in [-0.1, -0.05) is 28.1 Å². The third-order valence-electron chi connectivity index (χ3n) is 3.48. The van der Waals surface area contributed by atoms with E-state index in [9.17, 15) is 13.7 Å². The molecule has 2 aromatic rings. The Hall–Kier alpha value is -1.88. The summed E-state index contributed by atoms with van der Waals surface area (Å²) in [5.74, 6) is 0. The molecule has 5 nitrogen and oxygen atoms in total. The van der Waals surface area contributed by atoms with Crippen molar-refractivity contribution in [2.45, 2.75) is 11.3 Å². The summed E-state index contributed by atoms with van der Waals surface area (Å²) < 4.78 is 23.8. The number of rotatable bonds is 5. The van der Waals surface area contributed by atoms with Crippen molar-refractivity contribution in [2.75, 3.05) is 18.5 Å². The SMILES string of the molecule is CN(CCc1ccc(Br)cc1)c1ccc(S(N)(=O)=O)cc1C#N. The van der Waals surface area contributed by atoms with Crippen molar-refractivity contribution in [1.82, 2.24) is 0 Å². The highest BCUT2D eigenvalue weighted by Crippen LogP contribution is 2.22. The highest BCUT2D eigenvalue weighted by atomic mass is 79.9. The second-order valence-corrected chi connectivity index (χ2v) is 7.61. The van der Waals surface area contributed by atoms with Gasteiger partial charge in [0.05, 0.1) is 16.1 Å². The zero-order chi connectivity index (χ0) is 17.0. The summed E-state index contributed by atoms with van der Waals surface area (Å²) >= 11 is 3.40. The highest BCUT2D eigenvalue weighted by Gasteiger charge is 2.13. The molecule has 0 radical (unpaired) electrons. The third-order valence-corrected chi connectivity index (χ3v) is 4.92. The summed E-state index contributed by atoms with van der Waals surface area (Å²) in [4.78, 5) is 1.87. The average Bonchev–Trinajstić information content (AvgIpc) is 2.52. The van der Waals surface area contributed by atoms with E-state index in [1.807, 2.05) is 42.3 Å².